The van der Waals surface area contributed by atoms with Crippen molar-refractivity contribution in [1.82, 2.24) is 10.2 Å². The van der Waals surface area contributed by atoms with Gasteiger partial charge in [-0.25, -0.2) is 4.79 Å². The van der Waals surface area contributed by atoms with Crippen LogP contribution >= 0.6 is 0 Å². The molecule has 18 heavy (non-hydrogen) atoms. The molecular formula is C12H19N3O3. The number of amides is 2. The molecule has 0 bridgehead atoms. The Morgan fingerprint density at radius 2 is 2.17 bits per heavy atom. The number of hydrogen-bond acceptors (Lipinski definition) is 3. The highest BCUT2D eigenvalue weighted by Gasteiger charge is 2.34. The smallest absolute Gasteiger partial charge is 0.317 e. The molecule has 2 atom stereocenters. The average Bonchev–Trinajstić information content (AvgIpc) is 3.10. The fourth-order valence-electron chi connectivity index (χ4n) is 1.75. The lowest BCUT2D eigenvalue weighted by Crippen LogP contribution is -2.47. The Kier molecular flexibility index (Phi) is 4.95. The van der Waals surface area contributed by atoms with Gasteiger partial charge in [-0.2, -0.15) is 5.26 Å². The van der Waals surface area contributed by atoms with E-state index in [0.717, 1.165) is 12.8 Å². The Labute approximate surface area is 107 Å². The van der Waals surface area contributed by atoms with E-state index in [2.05, 4.69) is 5.32 Å². The van der Waals surface area contributed by atoms with Gasteiger partial charge in [0.2, 0.25) is 0 Å². The molecule has 1 rings (SSSR count). The summed E-state index contributed by atoms with van der Waals surface area (Å²) in [5.74, 6) is -0.621. The van der Waals surface area contributed by atoms with E-state index in [1.807, 2.05) is 6.07 Å². The van der Waals surface area contributed by atoms with Gasteiger partial charge in [0.15, 0.2) is 0 Å². The molecule has 1 saturated carbocycles. The number of aliphatic carboxylic acids is 1. The minimum Gasteiger partial charge on any atom is -0.481 e. The van der Waals surface area contributed by atoms with Crippen LogP contribution in [0.1, 0.15) is 32.6 Å². The standard InChI is InChI=1S/C12H19N3O3/c1-8(5-6-13)15(2)12(18)14-10(7-11(16)17)9-3-4-9/h8-10H,3-5,7H2,1-2H3,(H,14,18)(H,16,17). The monoisotopic (exact) mass is 253 g/mol. The van der Waals surface area contributed by atoms with Crippen molar-refractivity contribution in [2.45, 2.75) is 44.7 Å². The number of nitriles is 1. The maximum Gasteiger partial charge on any atom is 0.317 e. The second-order valence-electron chi connectivity index (χ2n) is 4.81. The van der Waals surface area contributed by atoms with E-state index in [4.69, 9.17) is 10.4 Å². The third-order valence-electron chi connectivity index (χ3n) is 3.26. The highest BCUT2D eigenvalue weighted by molar-refractivity contribution is 5.76. The normalized spacial score (nSPS) is 17.4. The number of carboxylic acids is 1. The van der Waals surface area contributed by atoms with Crippen LogP contribution in [0.3, 0.4) is 0 Å². The lowest BCUT2D eigenvalue weighted by molar-refractivity contribution is -0.137. The first-order valence-electron chi connectivity index (χ1n) is 6.07. The third-order valence-corrected chi connectivity index (χ3v) is 3.26. The van der Waals surface area contributed by atoms with Crippen LogP contribution in [0, 0.1) is 17.2 Å². The Morgan fingerprint density at radius 3 is 2.61 bits per heavy atom. The highest BCUT2D eigenvalue weighted by atomic mass is 16.4. The molecule has 1 fully saturated rings. The van der Waals surface area contributed by atoms with Gasteiger partial charge in [0.25, 0.3) is 0 Å². The van der Waals surface area contributed by atoms with Gasteiger partial charge in [0.05, 0.1) is 18.9 Å². The first kappa shape index (κ1) is 14.3. The van der Waals surface area contributed by atoms with Gasteiger partial charge in [-0.3, -0.25) is 4.79 Å². The van der Waals surface area contributed by atoms with Crippen molar-refractivity contribution in [3.8, 4) is 6.07 Å². The molecule has 6 heteroatoms. The van der Waals surface area contributed by atoms with Gasteiger partial charge in [0.1, 0.15) is 0 Å². The summed E-state index contributed by atoms with van der Waals surface area (Å²) < 4.78 is 0. The molecule has 2 amide bonds. The molecule has 2 N–H and O–H groups in total. The topological polar surface area (TPSA) is 93.4 Å². The summed E-state index contributed by atoms with van der Waals surface area (Å²) in [6.07, 6.45) is 2.15. The minimum atomic E-state index is -0.903. The number of urea groups is 1. The van der Waals surface area contributed by atoms with E-state index in [1.54, 1.807) is 14.0 Å². The summed E-state index contributed by atoms with van der Waals surface area (Å²) in [5.41, 5.74) is 0. The van der Waals surface area contributed by atoms with Crippen LogP contribution in [-0.4, -0.2) is 41.1 Å². The van der Waals surface area contributed by atoms with Crippen LogP contribution in [0.4, 0.5) is 4.79 Å². The molecule has 1 aliphatic carbocycles. The predicted octanol–water partition coefficient (Wildman–Crippen LogP) is 1.18. The summed E-state index contributed by atoms with van der Waals surface area (Å²) in [5, 5.41) is 20.1. The van der Waals surface area contributed by atoms with Crippen LogP contribution < -0.4 is 5.32 Å². The Hall–Kier alpha value is -1.77. The number of carbonyl (C=O) groups is 2. The lowest BCUT2D eigenvalue weighted by atomic mass is 10.1. The second kappa shape index (κ2) is 6.24. The van der Waals surface area contributed by atoms with E-state index in [-0.39, 0.29) is 36.9 Å². The second-order valence-corrected chi connectivity index (χ2v) is 4.81. The van der Waals surface area contributed by atoms with Gasteiger partial charge in [-0.1, -0.05) is 0 Å². The molecule has 100 valence electrons. The molecular weight excluding hydrogens is 234 g/mol. The van der Waals surface area contributed by atoms with Crippen LogP contribution in [0.15, 0.2) is 0 Å². The van der Waals surface area contributed by atoms with Crippen molar-refractivity contribution in [3.63, 3.8) is 0 Å². The predicted molar refractivity (Wildman–Crippen MR) is 64.8 cm³/mol. The molecule has 0 spiro atoms. The molecule has 0 aromatic rings. The molecule has 1 aliphatic rings. The van der Waals surface area contributed by atoms with E-state index in [9.17, 15) is 9.59 Å². The molecule has 0 saturated heterocycles. The van der Waals surface area contributed by atoms with E-state index < -0.39 is 5.97 Å². The minimum absolute atomic E-state index is 0.0448. The third kappa shape index (κ3) is 4.24. The Balaban J connectivity index is 2.50. The van der Waals surface area contributed by atoms with Gasteiger partial charge in [-0.05, 0) is 25.7 Å². The number of hydrogen-bond donors (Lipinski definition) is 2. The summed E-state index contributed by atoms with van der Waals surface area (Å²) >= 11 is 0. The van der Waals surface area contributed by atoms with Crippen molar-refractivity contribution in [2.24, 2.45) is 5.92 Å². The van der Waals surface area contributed by atoms with Gasteiger partial charge >= 0.3 is 12.0 Å². The zero-order valence-corrected chi connectivity index (χ0v) is 10.7. The number of nitrogens with one attached hydrogen (secondary N) is 1. The van der Waals surface area contributed by atoms with Crippen molar-refractivity contribution in [1.29, 1.82) is 5.26 Å². The fraction of sp³-hybridized carbons (Fsp3) is 0.750. The molecule has 0 heterocycles. The molecule has 0 aromatic heterocycles. The Bertz CT molecular complexity index is 360. The first-order valence-corrected chi connectivity index (χ1v) is 6.07. The fourth-order valence-corrected chi connectivity index (χ4v) is 1.75. The van der Waals surface area contributed by atoms with Gasteiger partial charge < -0.3 is 15.3 Å². The van der Waals surface area contributed by atoms with Crippen LogP contribution in [0.5, 0.6) is 0 Å². The lowest BCUT2D eigenvalue weighted by Gasteiger charge is -2.26. The first-order chi connectivity index (χ1) is 8.45. The molecule has 0 radical (unpaired) electrons. The van der Waals surface area contributed by atoms with E-state index >= 15 is 0 Å². The van der Waals surface area contributed by atoms with Gasteiger partial charge in [-0.15, -0.1) is 0 Å². The van der Waals surface area contributed by atoms with Crippen molar-refractivity contribution < 1.29 is 14.7 Å². The van der Waals surface area contributed by atoms with E-state index in [1.165, 1.54) is 4.90 Å². The van der Waals surface area contributed by atoms with Crippen molar-refractivity contribution >= 4 is 12.0 Å². The number of rotatable bonds is 6. The largest absolute Gasteiger partial charge is 0.481 e. The quantitative estimate of drug-likeness (QED) is 0.743. The number of carbonyl (C=O) groups excluding carboxylic acids is 1. The summed E-state index contributed by atoms with van der Waals surface area (Å²) in [7, 11) is 1.61. The maximum absolute atomic E-state index is 11.9. The zero-order chi connectivity index (χ0) is 13.7. The average molecular weight is 253 g/mol. The molecule has 6 nitrogen and oxygen atoms in total. The van der Waals surface area contributed by atoms with Crippen molar-refractivity contribution in [3.05, 3.63) is 0 Å². The van der Waals surface area contributed by atoms with Crippen LogP contribution in [-0.2, 0) is 4.79 Å². The SMILES string of the molecule is CC(CC#N)N(C)C(=O)NC(CC(=O)O)C1CC1. The number of nitrogens with zero attached hydrogens (tertiary/aromatic N) is 2. The summed E-state index contributed by atoms with van der Waals surface area (Å²) in [4.78, 5) is 24.1. The van der Waals surface area contributed by atoms with E-state index in [0.29, 0.717) is 0 Å². The zero-order valence-electron chi connectivity index (χ0n) is 10.7. The molecule has 0 aliphatic heterocycles. The Morgan fingerprint density at radius 1 is 1.56 bits per heavy atom. The van der Waals surface area contributed by atoms with Crippen LogP contribution in [0.25, 0.3) is 0 Å². The van der Waals surface area contributed by atoms with Crippen LogP contribution in [0.2, 0.25) is 0 Å². The number of carboxylic acid groups (broad SMARTS) is 1. The maximum atomic E-state index is 11.9. The molecule has 0 aromatic carbocycles. The summed E-state index contributed by atoms with van der Waals surface area (Å²) in [6, 6.07) is 1.22. The molecule has 2 unspecified atom stereocenters. The van der Waals surface area contributed by atoms with Crippen molar-refractivity contribution in [2.75, 3.05) is 7.05 Å². The van der Waals surface area contributed by atoms with Gasteiger partial charge in [0, 0.05) is 19.1 Å². The highest BCUT2D eigenvalue weighted by Crippen LogP contribution is 2.34. The summed E-state index contributed by atoms with van der Waals surface area (Å²) in [6.45, 7) is 1.78.